The molecule has 11 heavy (non-hydrogen) atoms. The average Bonchev–Trinajstić information content (AvgIpc) is 2.63. The van der Waals surface area contributed by atoms with Crippen LogP contribution >= 0.6 is 0 Å². The summed E-state index contributed by atoms with van der Waals surface area (Å²) in [6.45, 7) is 3.94. The molecule has 3 fully saturated rings. The van der Waals surface area contributed by atoms with Gasteiger partial charge in [0.05, 0.1) is 0 Å². The van der Waals surface area contributed by atoms with Gasteiger partial charge in [0.1, 0.15) is 0 Å². The van der Waals surface area contributed by atoms with E-state index < -0.39 is 0 Å². The van der Waals surface area contributed by atoms with Crippen molar-refractivity contribution in [2.24, 2.45) is 5.92 Å². The quantitative estimate of drug-likeness (QED) is 0.586. The fourth-order valence-corrected chi connectivity index (χ4v) is 2.74. The monoisotopic (exact) mass is 152 g/mol. The maximum atomic E-state index is 3.50. The van der Waals surface area contributed by atoms with Crippen molar-refractivity contribution in [3.63, 3.8) is 0 Å². The van der Waals surface area contributed by atoms with E-state index in [1.54, 1.807) is 0 Å². The Morgan fingerprint density at radius 2 is 2.00 bits per heavy atom. The molecule has 1 unspecified atom stereocenters. The average molecular weight is 152 g/mol. The van der Waals surface area contributed by atoms with Crippen molar-refractivity contribution < 1.29 is 0 Å². The lowest BCUT2D eigenvalue weighted by Gasteiger charge is -2.22. The van der Waals surface area contributed by atoms with Crippen LogP contribution < -0.4 is 5.32 Å². The Hall–Kier alpha value is -0.0800. The molecule has 1 aliphatic carbocycles. The van der Waals surface area contributed by atoms with E-state index in [0.717, 1.165) is 18.0 Å². The Balaban J connectivity index is 1.75. The van der Waals surface area contributed by atoms with Gasteiger partial charge in [-0.3, -0.25) is 4.90 Å². The maximum Gasteiger partial charge on any atom is 0.0264 e. The molecule has 3 rings (SSSR count). The van der Waals surface area contributed by atoms with Crippen LogP contribution in [0.3, 0.4) is 0 Å². The van der Waals surface area contributed by atoms with E-state index in [-0.39, 0.29) is 0 Å². The smallest absolute Gasteiger partial charge is 0.0264 e. The van der Waals surface area contributed by atoms with Gasteiger partial charge in [-0.2, -0.15) is 0 Å². The SMILES string of the molecule is C1CC1N1CC[C@@H]2CNCC21. The molecule has 0 amide bonds. The molecule has 2 heteroatoms. The molecular formula is C9H16N2. The van der Waals surface area contributed by atoms with Gasteiger partial charge < -0.3 is 5.32 Å². The van der Waals surface area contributed by atoms with E-state index in [9.17, 15) is 0 Å². The van der Waals surface area contributed by atoms with Crippen LogP contribution in [0.5, 0.6) is 0 Å². The number of nitrogens with zero attached hydrogens (tertiary/aromatic N) is 1. The molecule has 2 atom stereocenters. The largest absolute Gasteiger partial charge is 0.315 e. The van der Waals surface area contributed by atoms with Crippen molar-refractivity contribution in [2.75, 3.05) is 19.6 Å². The van der Waals surface area contributed by atoms with Gasteiger partial charge in [-0.15, -0.1) is 0 Å². The summed E-state index contributed by atoms with van der Waals surface area (Å²) in [4.78, 5) is 2.75. The van der Waals surface area contributed by atoms with Crippen molar-refractivity contribution >= 4 is 0 Å². The van der Waals surface area contributed by atoms with Crippen molar-refractivity contribution in [3.8, 4) is 0 Å². The summed E-state index contributed by atoms with van der Waals surface area (Å²) in [6, 6.07) is 1.91. The molecule has 0 aromatic rings. The first-order valence-electron chi connectivity index (χ1n) is 4.91. The lowest BCUT2D eigenvalue weighted by atomic mass is 10.1. The third-order valence-corrected chi connectivity index (χ3v) is 3.50. The Kier molecular flexibility index (Phi) is 1.29. The van der Waals surface area contributed by atoms with Gasteiger partial charge in [0, 0.05) is 18.6 Å². The number of nitrogens with one attached hydrogen (secondary N) is 1. The van der Waals surface area contributed by atoms with E-state index >= 15 is 0 Å². The van der Waals surface area contributed by atoms with Gasteiger partial charge in [0.2, 0.25) is 0 Å². The Morgan fingerprint density at radius 3 is 2.82 bits per heavy atom. The van der Waals surface area contributed by atoms with Gasteiger partial charge in [-0.25, -0.2) is 0 Å². The number of hydrogen-bond acceptors (Lipinski definition) is 2. The first kappa shape index (κ1) is 6.44. The molecule has 3 aliphatic rings. The van der Waals surface area contributed by atoms with E-state index in [0.29, 0.717) is 0 Å². The summed E-state index contributed by atoms with van der Waals surface area (Å²) in [5, 5.41) is 3.50. The van der Waals surface area contributed by atoms with Crippen LogP contribution in [0, 0.1) is 5.92 Å². The third kappa shape index (κ3) is 0.926. The molecular weight excluding hydrogens is 136 g/mol. The highest BCUT2D eigenvalue weighted by Gasteiger charge is 2.43. The number of likely N-dealkylation sites (tertiary alicyclic amines) is 1. The van der Waals surface area contributed by atoms with Gasteiger partial charge >= 0.3 is 0 Å². The predicted octanol–water partition coefficient (Wildman–Crippen LogP) is 0.442. The van der Waals surface area contributed by atoms with Crippen molar-refractivity contribution in [1.82, 2.24) is 10.2 Å². The van der Waals surface area contributed by atoms with Crippen molar-refractivity contribution in [1.29, 1.82) is 0 Å². The summed E-state index contributed by atoms with van der Waals surface area (Å²) in [6.07, 6.45) is 4.40. The zero-order valence-electron chi connectivity index (χ0n) is 6.92. The molecule has 2 nitrogen and oxygen atoms in total. The number of rotatable bonds is 1. The minimum absolute atomic E-state index is 0.919. The van der Waals surface area contributed by atoms with Crippen LogP contribution in [0.4, 0.5) is 0 Å². The van der Waals surface area contributed by atoms with E-state index in [1.807, 2.05) is 0 Å². The molecule has 0 aromatic carbocycles. The number of hydrogen-bond donors (Lipinski definition) is 1. The molecule has 0 bridgehead atoms. The Bertz CT molecular complexity index is 165. The van der Waals surface area contributed by atoms with Gasteiger partial charge in [-0.1, -0.05) is 0 Å². The molecule has 2 aliphatic heterocycles. The fourth-order valence-electron chi connectivity index (χ4n) is 2.74. The molecule has 2 saturated heterocycles. The van der Waals surface area contributed by atoms with Crippen LogP contribution in [-0.2, 0) is 0 Å². The van der Waals surface area contributed by atoms with Crippen LogP contribution in [-0.4, -0.2) is 36.6 Å². The predicted molar refractivity (Wildman–Crippen MR) is 44.5 cm³/mol. The molecule has 62 valence electrons. The summed E-state index contributed by atoms with van der Waals surface area (Å²) in [7, 11) is 0. The van der Waals surface area contributed by atoms with Gasteiger partial charge in [-0.05, 0) is 38.3 Å². The van der Waals surface area contributed by atoms with Gasteiger partial charge in [0.25, 0.3) is 0 Å². The minimum atomic E-state index is 0.919. The van der Waals surface area contributed by atoms with Crippen LogP contribution in [0.2, 0.25) is 0 Å². The molecule has 1 saturated carbocycles. The lowest BCUT2D eigenvalue weighted by molar-refractivity contribution is 0.242. The van der Waals surface area contributed by atoms with Crippen LogP contribution in [0.25, 0.3) is 0 Å². The first-order chi connectivity index (χ1) is 5.45. The summed E-state index contributed by atoms with van der Waals surface area (Å²) in [5.74, 6) is 0.996. The van der Waals surface area contributed by atoms with Gasteiger partial charge in [0.15, 0.2) is 0 Å². The van der Waals surface area contributed by atoms with Crippen molar-refractivity contribution in [2.45, 2.75) is 31.3 Å². The third-order valence-electron chi connectivity index (χ3n) is 3.50. The molecule has 0 radical (unpaired) electrons. The second-order valence-electron chi connectivity index (χ2n) is 4.24. The Labute approximate surface area is 68.0 Å². The highest BCUT2D eigenvalue weighted by molar-refractivity contribution is 5.00. The Morgan fingerprint density at radius 1 is 1.09 bits per heavy atom. The standard InChI is InChI=1S/C9H16N2/c1-2-8(1)11-4-3-7-5-10-6-9(7)11/h7-10H,1-6H2/t7-,9?/m1/s1. The maximum absolute atomic E-state index is 3.50. The van der Waals surface area contributed by atoms with Crippen molar-refractivity contribution in [3.05, 3.63) is 0 Å². The highest BCUT2D eigenvalue weighted by Crippen LogP contribution is 2.37. The van der Waals surface area contributed by atoms with E-state index in [2.05, 4.69) is 10.2 Å². The van der Waals surface area contributed by atoms with Crippen LogP contribution in [0.1, 0.15) is 19.3 Å². The zero-order valence-corrected chi connectivity index (χ0v) is 6.92. The highest BCUT2D eigenvalue weighted by atomic mass is 15.3. The molecule has 2 heterocycles. The van der Waals surface area contributed by atoms with E-state index in [1.165, 1.54) is 38.9 Å². The molecule has 1 N–H and O–H groups in total. The molecule has 0 aromatic heterocycles. The summed E-state index contributed by atoms with van der Waals surface area (Å²) < 4.78 is 0. The fraction of sp³-hybridized carbons (Fsp3) is 1.00. The summed E-state index contributed by atoms with van der Waals surface area (Å²) >= 11 is 0. The molecule has 0 spiro atoms. The topological polar surface area (TPSA) is 15.3 Å². The second kappa shape index (κ2) is 2.20. The summed E-state index contributed by atoms with van der Waals surface area (Å²) in [5.41, 5.74) is 0. The normalized spacial score (nSPS) is 44.7. The first-order valence-corrected chi connectivity index (χ1v) is 4.91. The van der Waals surface area contributed by atoms with E-state index in [4.69, 9.17) is 0 Å². The van der Waals surface area contributed by atoms with Crippen LogP contribution in [0.15, 0.2) is 0 Å². The second-order valence-corrected chi connectivity index (χ2v) is 4.24. The lowest BCUT2D eigenvalue weighted by Crippen LogP contribution is -2.35. The minimum Gasteiger partial charge on any atom is -0.315 e. The number of fused-ring (bicyclic) bond motifs is 1. The zero-order chi connectivity index (χ0) is 7.26.